The minimum absolute atomic E-state index is 0.0291. The maximum absolute atomic E-state index is 12.4. The summed E-state index contributed by atoms with van der Waals surface area (Å²) in [6.45, 7) is 0. The third-order valence-electron chi connectivity index (χ3n) is 3.05. The number of anilines is 2. The molecule has 0 spiro atoms. The molecule has 3 rings (SSSR count). The summed E-state index contributed by atoms with van der Waals surface area (Å²) in [7, 11) is 1.77. The molecule has 2 heterocycles. The quantitative estimate of drug-likeness (QED) is 0.602. The molecule has 0 aliphatic rings. The molecule has 3 aromatic rings. The Hall–Kier alpha value is -2.34. The average Bonchev–Trinajstić information content (AvgIpc) is 2.35. The highest BCUT2D eigenvalue weighted by molar-refractivity contribution is 6.31. The van der Waals surface area contributed by atoms with Crippen molar-refractivity contribution in [3.63, 3.8) is 0 Å². The molecule has 0 saturated heterocycles. The lowest BCUT2D eigenvalue weighted by atomic mass is 10.1. The van der Waals surface area contributed by atoms with Crippen LogP contribution in [0.25, 0.3) is 21.9 Å². The van der Waals surface area contributed by atoms with Crippen LogP contribution in [0.2, 0.25) is 5.02 Å². The van der Waals surface area contributed by atoms with Gasteiger partial charge in [-0.3, -0.25) is 4.79 Å². The van der Waals surface area contributed by atoms with Crippen molar-refractivity contribution in [1.82, 2.24) is 14.5 Å². The van der Waals surface area contributed by atoms with Gasteiger partial charge in [0.2, 0.25) is 11.4 Å². The van der Waals surface area contributed by atoms with Gasteiger partial charge in [0.05, 0.1) is 5.52 Å². The van der Waals surface area contributed by atoms with E-state index in [1.165, 1.54) is 0 Å². The number of benzene rings is 1. The summed E-state index contributed by atoms with van der Waals surface area (Å²) in [5.74, 6) is 0.112. The zero-order valence-electron chi connectivity index (χ0n) is 10.0. The van der Waals surface area contributed by atoms with Crippen LogP contribution in [0.3, 0.4) is 0 Å². The number of nitrogen functional groups attached to an aromatic ring is 2. The number of aryl methyl sites for hydroxylation is 1. The fourth-order valence-electron chi connectivity index (χ4n) is 2.17. The van der Waals surface area contributed by atoms with Crippen LogP contribution >= 0.6 is 11.6 Å². The maximum Gasteiger partial charge on any atom is 0.223 e. The zero-order chi connectivity index (χ0) is 13.7. The van der Waals surface area contributed by atoms with Crippen molar-refractivity contribution in [3.8, 4) is 0 Å². The number of hydrogen-bond acceptors (Lipinski definition) is 5. The van der Waals surface area contributed by atoms with Gasteiger partial charge in [0.15, 0.2) is 5.65 Å². The van der Waals surface area contributed by atoms with Crippen LogP contribution in [0.5, 0.6) is 0 Å². The highest BCUT2D eigenvalue weighted by atomic mass is 35.5. The van der Waals surface area contributed by atoms with Gasteiger partial charge in [-0.1, -0.05) is 11.6 Å². The molecule has 0 unspecified atom stereocenters. The zero-order valence-corrected chi connectivity index (χ0v) is 10.8. The third kappa shape index (κ3) is 1.61. The Balaban J connectivity index is 2.69. The minimum atomic E-state index is -0.225. The maximum atomic E-state index is 12.4. The largest absolute Gasteiger partial charge is 0.383 e. The van der Waals surface area contributed by atoms with E-state index in [2.05, 4.69) is 9.97 Å². The number of pyridine rings is 1. The van der Waals surface area contributed by atoms with Crippen LogP contribution in [-0.2, 0) is 7.05 Å². The standard InChI is InChI=1S/C12H10ClN5O/c1-18-7-4-5(13)2-3-6(7)9(19)8-10(14)16-12(15)17-11(8)18/h2-4H,1H3,(H4,14,15,16,17). The highest BCUT2D eigenvalue weighted by Gasteiger charge is 2.14. The monoisotopic (exact) mass is 275 g/mol. The van der Waals surface area contributed by atoms with Gasteiger partial charge in [0.25, 0.3) is 0 Å². The van der Waals surface area contributed by atoms with Crippen molar-refractivity contribution in [2.75, 3.05) is 11.5 Å². The molecule has 0 bridgehead atoms. The first-order valence-electron chi connectivity index (χ1n) is 5.50. The smallest absolute Gasteiger partial charge is 0.223 e. The van der Waals surface area contributed by atoms with Crippen molar-refractivity contribution < 1.29 is 0 Å². The number of nitrogens with two attached hydrogens (primary N) is 2. The molecule has 4 N–H and O–H groups in total. The van der Waals surface area contributed by atoms with E-state index in [-0.39, 0.29) is 22.6 Å². The van der Waals surface area contributed by atoms with E-state index >= 15 is 0 Å². The molecule has 0 aliphatic carbocycles. The summed E-state index contributed by atoms with van der Waals surface area (Å²) in [5, 5.41) is 1.32. The molecule has 19 heavy (non-hydrogen) atoms. The molecule has 2 aromatic heterocycles. The van der Waals surface area contributed by atoms with Gasteiger partial charge in [-0.15, -0.1) is 0 Å². The topological polar surface area (TPSA) is 99.8 Å². The van der Waals surface area contributed by atoms with Gasteiger partial charge in [0.1, 0.15) is 11.2 Å². The lowest BCUT2D eigenvalue weighted by Gasteiger charge is -2.11. The van der Waals surface area contributed by atoms with Crippen LogP contribution in [-0.4, -0.2) is 14.5 Å². The Kier molecular flexibility index (Phi) is 2.36. The Morgan fingerprint density at radius 2 is 2.00 bits per heavy atom. The van der Waals surface area contributed by atoms with Crippen molar-refractivity contribution in [3.05, 3.63) is 33.4 Å². The number of halogens is 1. The predicted octanol–water partition coefficient (Wildman–Crippen LogP) is 1.30. The second kappa shape index (κ2) is 3.83. The van der Waals surface area contributed by atoms with E-state index in [1.807, 2.05) is 0 Å². The Bertz CT molecular complexity index is 887. The molecular weight excluding hydrogens is 266 g/mol. The molecule has 0 amide bonds. The Morgan fingerprint density at radius 1 is 1.26 bits per heavy atom. The molecule has 0 radical (unpaired) electrons. The fourth-order valence-corrected chi connectivity index (χ4v) is 2.33. The van der Waals surface area contributed by atoms with Gasteiger partial charge in [-0.2, -0.15) is 9.97 Å². The van der Waals surface area contributed by atoms with E-state index in [0.29, 0.717) is 21.6 Å². The summed E-state index contributed by atoms with van der Waals surface area (Å²) in [5.41, 5.74) is 12.2. The normalized spacial score (nSPS) is 11.3. The molecule has 1 aromatic carbocycles. The molecule has 7 heteroatoms. The second-order valence-electron chi connectivity index (χ2n) is 4.22. The Labute approximate surface area is 112 Å². The van der Waals surface area contributed by atoms with Crippen molar-refractivity contribution in [2.24, 2.45) is 7.05 Å². The van der Waals surface area contributed by atoms with Crippen LogP contribution in [0.1, 0.15) is 0 Å². The van der Waals surface area contributed by atoms with Crippen LogP contribution < -0.4 is 16.9 Å². The van der Waals surface area contributed by atoms with Crippen LogP contribution in [0, 0.1) is 0 Å². The summed E-state index contributed by atoms with van der Waals surface area (Å²) in [6.07, 6.45) is 0. The number of aromatic nitrogens is 3. The SMILES string of the molecule is Cn1c2cc(Cl)ccc2c(=O)c2c(N)nc(N)nc21. The van der Waals surface area contributed by atoms with Crippen LogP contribution in [0.15, 0.2) is 23.0 Å². The number of nitrogens with zero attached hydrogens (tertiary/aromatic N) is 3. The lowest BCUT2D eigenvalue weighted by molar-refractivity contribution is 0.972. The van der Waals surface area contributed by atoms with Gasteiger partial charge in [-0.25, -0.2) is 0 Å². The molecule has 0 atom stereocenters. The third-order valence-corrected chi connectivity index (χ3v) is 3.28. The lowest BCUT2D eigenvalue weighted by Crippen LogP contribution is -2.14. The van der Waals surface area contributed by atoms with Gasteiger partial charge >= 0.3 is 0 Å². The number of fused-ring (bicyclic) bond motifs is 2. The highest BCUT2D eigenvalue weighted by Crippen LogP contribution is 2.22. The molecular formula is C12H10ClN5O. The van der Waals surface area contributed by atoms with Gasteiger partial charge in [0, 0.05) is 17.5 Å². The van der Waals surface area contributed by atoms with Crippen molar-refractivity contribution in [2.45, 2.75) is 0 Å². The summed E-state index contributed by atoms with van der Waals surface area (Å²) in [6, 6.07) is 5.02. The van der Waals surface area contributed by atoms with Crippen molar-refractivity contribution in [1.29, 1.82) is 0 Å². The molecule has 0 aliphatic heterocycles. The van der Waals surface area contributed by atoms with Crippen LogP contribution in [0.4, 0.5) is 11.8 Å². The first-order chi connectivity index (χ1) is 8.99. The second-order valence-corrected chi connectivity index (χ2v) is 4.65. The molecule has 6 nitrogen and oxygen atoms in total. The Morgan fingerprint density at radius 3 is 2.74 bits per heavy atom. The first kappa shape index (κ1) is 11.7. The molecule has 0 fully saturated rings. The average molecular weight is 276 g/mol. The van der Waals surface area contributed by atoms with Gasteiger partial charge < -0.3 is 16.0 Å². The van der Waals surface area contributed by atoms with E-state index in [4.69, 9.17) is 23.1 Å². The predicted molar refractivity (Wildman–Crippen MR) is 76.1 cm³/mol. The summed E-state index contributed by atoms with van der Waals surface area (Å²) in [4.78, 5) is 20.3. The summed E-state index contributed by atoms with van der Waals surface area (Å²) < 4.78 is 1.73. The van der Waals surface area contributed by atoms with E-state index in [0.717, 1.165) is 0 Å². The number of rotatable bonds is 0. The summed E-state index contributed by atoms with van der Waals surface area (Å²) >= 11 is 5.96. The molecule has 0 saturated carbocycles. The van der Waals surface area contributed by atoms with Gasteiger partial charge in [-0.05, 0) is 18.2 Å². The van der Waals surface area contributed by atoms with E-state index < -0.39 is 0 Å². The number of hydrogen-bond donors (Lipinski definition) is 2. The first-order valence-corrected chi connectivity index (χ1v) is 5.88. The van der Waals surface area contributed by atoms with E-state index in [9.17, 15) is 4.79 Å². The van der Waals surface area contributed by atoms with Crippen molar-refractivity contribution >= 4 is 45.3 Å². The minimum Gasteiger partial charge on any atom is -0.383 e. The molecule has 96 valence electrons. The fraction of sp³-hybridized carbons (Fsp3) is 0.0833. The van der Waals surface area contributed by atoms with E-state index in [1.54, 1.807) is 29.8 Å².